The van der Waals surface area contributed by atoms with Crippen molar-refractivity contribution in [3.05, 3.63) is 35.1 Å². The number of rotatable bonds is 2. The molecule has 110 valence electrons. The maximum Gasteiger partial charge on any atom is 0.137 e. The summed E-state index contributed by atoms with van der Waals surface area (Å²) in [4.78, 5) is 0. The van der Waals surface area contributed by atoms with Crippen molar-refractivity contribution in [2.45, 2.75) is 66.0 Å². The molecule has 1 N–H and O–H groups in total. The van der Waals surface area contributed by atoms with Crippen LogP contribution in [0.15, 0.2) is 22.6 Å². The second kappa shape index (κ2) is 4.92. The number of nitrogens with one attached hydrogen (secondary N) is 1. The summed E-state index contributed by atoms with van der Waals surface area (Å²) >= 11 is 0. The predicted molar refractivity (Wildman–Crippen MR) is 86.2 cm³/mol. The van der Waals surface area contributed by atoms with Gasteiger partial charge in [-0.05, 0) is 56.4 Å². The maximum atomic E-state index is 6.00. The largest absolute Gasteiger partial charge is 0.459 e. The van der Waals surface area contributed by atoms with Crippen molar-refractivity contribution in [2.24, 2.45) is 0 Å². The molecule has 0 saturated heterocycles. The molecule has 0 aliphatic rings. The molecule has 2 heteroatoms. The molecule has 0 radical (unpaired) electrons. The maximum absolute atomic E-state index is 6.00. The summed E-state index contributed by atoms with van der Waals surface area (Å²) < 4.78 is 6.00. The van der Waals surface area contributed by atoms with Crippen LogP contribution in [0.5, 0.6) is 0 Å². The highest BCUT2D eigenvalue weighted by Gasteiger charge is 2.17. The van der Waals surface area contributed by atoms with Crippen LogP contribution in [-0.2, 0) is 12.0 Å². The molecule has 0 unspecified atom stereocenters. The van der Waals surface area contributed by atoms with Crippen molar-refractivity contribution in [3.8, 4) is 0 Å². The van der Waals surface area contributed by atoms with Crippen LogP contribution < -0.4 is 5.32 Å². The first-order valence-electron chi connectivity index (χ1n) is 7.35. The average molecular weight is 273 g/mol. The first-order chi connectivity index (χ1) is 9.06. The van der Waals surface area contributed by atoms with Gasteiger partial charge in [-0.15, -0.1) is 0 Å². The highest BCUT2D eigenvalue weighted by Crippen LogP contribution is 2.30. The van der Waals surface area contributed by atoms with E-state index in [1.807, 2.05) is 0 Å². The van der Waals surface area contributed by atoms with Crippen LogP contribution in [0.1, 0.15) is 58.4 Å². The summed E-state index contributed by atoms with van der Waals surface area (Å²) in [7, 11) is 0. The minimum atomic E-state index is 0.102. The minimum absolute atomic E-state index is 0.102. The zero-order valence-electron chi connectivity index (χ0n) is 13.8. The molecular formula is C18H27NO. The van der Waals surface area contributed by atoms with E-state index < -0.39 is 0 Å². The quantitative estimate of drug-likeness (QED) is 0.839. The lowest BCUT2D eigenvalue weighted by atomic mass is 9.85. The molecule has 2 aromatic rings. The Kier molecular flexibility index (Phi) is 3.72. The van der Waals surface area contributed by atoms with Gasteiger partial charge in [-0.3, -0.25) is 0 Å². The number of hydrogen-bond donors (Lipinski definition) is 1. The molecule has 0 aliphatic carbocycles. The molecule has 1 heterocycles. The third-order valence-electron chi connectivity index (χ3n) is 3.51. The molecule has 0 fully saturated rings. The standard InChI is InChI=1S/C18H27NO/c1-12-8-14(17(2,3)4)9-13-10-15(20-16(12)13)11-19-18(5,6)7/h8-10,19H,11H2,1-7H3. The van der Waals surface area contributed by atoms with E-state index in [4.69, 9.17) is 4.42 Å². The highest BCUT2D eigenvalue weighted by molar-refractivity contribution is 5.82. The van der Waals surface area contributed by atoms with E-state index in [0.717, 1.165) is 17.9 Å². The summed E-state index contributed by atoms with van der Waals surface area (Å²) in [5, 5.41) is 4.68. The summed E-state index contributed by atoms with van der Waals surface area (Å²) in [5.74, 6) is 1.00. The van der Waals surface area contributed by atoms with Gasteiger partial charge >= 0.3 is 0 Å². The zero-order valence-corrected chi connectivity index (χ0v) is 13.8. The first kappa shape index (κ1) is 15.1. The molecule has 0 saturated carbocycles. The Morgan fingerprint density at radius 3 is 2.20 bits per heavy atom. The molecule has 0 spiro atoms. The summed E-state index contributed by atoms with van der Waals surface area (Å²) in [6, 6.07) is 6.66. The van der Waals surface area contributed by atoms with Gasteiger partial charge < -0.3 is 9.73 Å². The normalized spacial score (nSPS) is 13.2. The Labute approximate surface area is 122 Å². The van der Waals surface area contributed by atoms with E-state index in [2.05, 4.69) is 72.0 Å². The monoisotopic (exact) mass is 273 g/mol. The van der Waals surface area contributed by atoms with Crippen LogP contribution in [0, 0.1) is 6.92 Å². The van der Waals surface area contributed by atoms with E-state index in [-0.39, 0.29) is 11.0 Å². The molecule has 0 atom stereocenters. The van der Waals surface area contributed by atoms with Crippen molar-refractivity contribution in [1.29, 1.82) is 0 Å². The highest BCUT2D eigenvalue weighted by atomic mass is 16.3. The van der Waals surface area contributed by atoms with Gasteiger partial charge in [-0.25, -0.2) is 0 Å². The van der Waals surface area contributed by atoms with E-state index >= 15 is 0 Å². The van der Waals surface area contributed by atoms with Crippen molar-refractivity contribution in [3.63, 3.8) is 0 Å². The van der Waals surface area contributed by atoms with Gasteiger partial charge in [-0.1, -0.05) is 26.8 Å². The Balaban J connectivity index is 2.36. The molecule has 2 rings (SSSR count). The summed E-state index contributed by atoms with van der Waals surface area (Å²) in [6.07, 6.45) is 0. The van der Waals surface area contributed by atoms with E-state index in [1.165, 1.54) is 16.5 Å². The second-order valence-electron chi connectivity index (χ2n) is 7.78. The summed E-state index contributed by atoms with van der Waals surface area (Å²) in [6.45, 7) is 16.1. The third kappa shape index (κ3) is 3.43. The topological polar surface area (TPSA) is 25.2 Å². The SMILES string of the molecule is Cc1cc(C(C)(C)C)cc2cc(CNC(C)(C)C)oc12. The average Bonchev–Trinajstić information content (AvgIpc) is 2.67. The lowest BCUT2D eigenvalue weighted by Gasteiger charge is -2.19. The van der Waals surface area contributed by atoms with Crippen LogP contribution in [0.4, 0.5) is 0 Å². The fourth-order valence-electron chi connectivity index (χ4n) is 2.25. The van der Waals surface area contributed by atoms with Crippen molar-refractivity contribution < 1.29 is 4.42 Å². The van der Waals surface area contributed by atoms with Gasteiger partial charge in [0, 0.05) is 10.9 Å². The Bertz CT molecular complexity index is 609. The zero-order chi connectivity index (χ0) is 15.1. The fraction of sp³-hybridized carbons (Fsp3) is 0.556. The third-order valence-corrected chi connectivity index (χ3v) is 3.51. The minimum Gasteiger partial charge on any atom is -0.459 e. The van der Waals surface area contributed by atoms with Crippen LogP contribution >= 0.6 is 0 Å². The number of fused-ring (bicyclic) bond motifs is 1. The molecule has 1 aromatic carbocycles. The Hall–Kier alpha value is -1.28. The number of hydrogen-bond acceptors (Lipinski definition) is 2. The Morgan fingerprint density at radius 1 is 1.00 bits per heavy atom. The number of aryl methyl sites for hydroxylation is 1. The Morgan fingerprint density at radius 2 is 1.65 bits per heavy atom. The van der Waals surface area contributed by atoms with Crippen molar-refractivity contribution in [1.82, 2.24) is 5.32 Å². The molecule has 20 heavy (non-hydrogen) atoms. The van der Waals surface area contributed by atoms with E-state index in [1.54, 1.807) is 0 Å². The molecule has 0 amide bonds. The number of furan rings is 1. The van der Waals surface area contributed by atoms with E-state index in [9.17, 15) is 0 Å². The van der Waals surface area contributed by atoms with Gasteiger partial charge in [0.25, 0.3) is 0 Å². The molecule has 0 aliphatic heterocycles. The van der Waals surface area contributed by atoms with Gasteiger partial charge in [0.05, 0.1) is 6.54 Å². The number of benzene rings is 1. The van der Waals surface area contributed by atoms with E-state index in [0.29, 0.717) is 0 Å². The lowest BCUT2D eigenvalue weighted by molar-refractivity contribution is 0.395. The van der Waals surface area contributed by atoms with Gasteiger partial charge in [0.15, 0.2) is 0 Å². The molecule has 1 aromatic heterocycles. The van der Waals surface area contributed by atoms with Gasteiger partial charge in [0.1, 0.15) is 11.3 Å². The first-order valence-corrected chi connectivity index (χ1v) is 7.35. The smallest absolute Gasteiger partial charge is 0.137 e. The fourth-order valence-corrected chi connectivity index (χ4v) is 2.25. The van der Waals surface area contributed by atoms with Gasteiger partial charge in [0.2, 0.25) is 0 Å². The predicted octanol–water partition coefficient (Wildman–Crippen LogP) is 4.93. The van der Waals surface area contributed by atoms with Crippen LogP contribution in [0.25, 0.3) is 11.0 Å². The molecule has 2 nitrogen and oxygen atoms in total. The van der Waals surface area contributed by atoms with Crippen LogP contribution in [0.2, 0.25) is 0 Å². The van der Waals surface area contributed by atoms with Gasteiger partial charge in [-0.2, -0.15) is 0 Å². The lowest BCUT2D eigenvalue weighted by Crippen LogP contribution is -2.34. The molecule has 0 bridgehead atoms. The molecular weight excluding hydrogens is 246 g/mol. The van der Waals surface area contributed by atoms with Crippen LogP contribution in [-0.4, -0.2) is 5.54 Å². The van der Waals surface area contributed by atoms with Crippen LogP contribution in [0.3, 0.4) is 0 Å². The summed E-state index contributed by atoms with van der Waals surface area (Å²) in [5.41, 5.74) is 3.86. The second-order valence-corrected chi connectivity index (χ2v) is 7.78. The van der Waals surface area contributed by atoms with Crippen molar-refractivity contribution >= 4 is 11.0 Å². The van der Waals surface area contributed by atoms with Crippen molar-refractivity contribution in [2.75, 3.05) is 0 Å².